The smallest absolute Gasteiger partial charge is 0.459 e. The lowest BCUT2D eigenvalue weighted by Crippen LogP contribution is -2.37. The predicted molar refractivity (Wildman–Crippen MR) is 150 cm³/mol. The minimum absolute atomic E-state index is 0.190. The topological polar surface area (TPSA) is 98.3 Å². The van der Waals surface area contributed by atoms with Crippen molar-refractivity contribution in [2.75, 3.05) is 26.9 Å². The van der Waals surface area contributed by atoms with Crippen LogP contribution in [0.15, 0.2) is 57.4 Å². The van der Waals surface area contributed by atoms with Crippen LogP contribution in [-0.2, 0) is 14.3 Å². The molecule has 0 radical (unpaired) electrons. The summed E-state index contributed by atoms with van der Waals surface area (Å²) < 4.78 is 24.3. The molecule has 10 heteroatoms. The lowest BCUT2D eigenvalue weighted by atomic mass is 10.1. The van der Waals surface area contributed by atoms with Crippen molar-refractivity contribution in [2.24, 2.45) is 0 Å². The molecule has 1 atom stereocenters. The number of methoxy groups -OCH3 is 1. The van der Waals surface area contributed by atoms with Gasteiger partial charge in [-0.05, 0) is 51.5 Å². The molecule has 0 aliphatic carbocycles. The maximum Gasteiger partial charge on any atom is 0.459 e. The van der Waals surface area contributed by atoms with Crippen LogP contribution in [-0.4, -0.2) is 66.1 Å². The van der Waals surface area contributed by atoms with Gasteiger partial charge in [-0.15, -0.1) is 0 Å². The fourth-order valence-corrected chi connectivity index (χ4v) is 4.20. The van der Waals surface area contributed by atoms with E-state index in [1.807, 2.05) is 55.5 Å². The summed E-state index contributed by atoms with van der Waals surface area (Å²) in [6.07, 6.45) is -0.125. The lowest BCUT2D eigenvalue weighted by molar-refractivity contribution is -0.435. The quantitative estimate of drug-likeness (QED) is 0.253. The number of carbonyl (C=O) groups excluding carboxylic acids is 3. The van der Waals surface area contributed by atoms with Crippen molar-refractivity contribution in [3.8, 4) is 5.75 Å². The molecule has 1 aliphatic heterocycles. The number of hydrogen-bond acceptors (Lipinski definition) is 7. The zero-order valence-electron chi connectivity index (χ0n) is 23.0. The minimum Gasteiger partial charge on any atom is -0.478 e. The van der Waals surface area contributed by atoms with Crippen molar-refractivity contribution >= 4 is 51.0 Å². The molecule has 0 bridgehead atoms. The van der Waals surface area contributed by atoms with E-state index in [1.165, 1.54) is 0 Å². The Bertz CT molecular complexity index is 1360. The summed E-state index contributed by atoms with van der Waals surface area (Å²) in [7, 11) is 1.61. The van der Waals surface area contributed by atoms with E-state index >= 15 is 0 Å². The number of amides is 3. The normalized spacial score (nSPS) is 14.0. The molecule has 0 saturated heterocycles. The largest absolute Gasteiger partial charge is 0.478 e. The lowest BCUT2D eigenvalue weighted by Gasteiger charge is -2.27. The standard InChI is InChI=1S/C15H15BrNO4.C14H19NO3/c1-9-8-20-13-11-4-3-10(16)7-12(11)21-14(13)15(18)17(9)5-6-19-2;1-11(12-8-6-5-7-9-12)15(10-16)13(17)18-14(2,3)4/h3-4,7H,5-6,8H2,1-2H3;5-11H,1-4H3/q+1;. The van der Waals surface area contributed by atoms with Gasteiger partial charge in [-0.3, -0.25) is 4.79 Å². The van der Waals surface area contributed by atoms with Crippen LogP contribution in [0.2, 0.25) is 0 Å². The molecule has 0 saturated carbocycles. The summed E-state index contributed by atoms with van der Waals surface area (Å²) in [5.41, 5.74) is 1.74. The van der Waals surface area contributed by atoms with Gasteiger partial charge in [0.2, 0.25) is 6.41 Å². The summed E-state index contributed by atoms with van der Waals surface area (Å²) in [5.74, 6) is 0.571. The highest BCUT2D eigenvalue weighted by atomic mass is 79.9. The molecule has 0 fully saturated rings. The van der Waals surface area contributed by atoms with Crippen molar-refractivity contribution in [1.29, 1.82) is 0 Å². The number of ether oxygens (including phenoxy) is 3. The molecule has 2 heterocycles. The number of carbonyl (C=O) groups is 3. The first-order chi connectivity index (χ1) is 18.5. The van der Waals surface area contributed by atoms with E-state index in [-0.39, 0.29) is 17.7 Å². The van der Waals surface area contributed by atoms with Crippen molar-refractivity contribution in [2.45, 2.75) is 46.3 Å². The zero-order valence-corrected chi connectivity index (χ0v) is 24.6. The van der Waals surface area contributed by atoms with E-state index in [4.69, 9.17) is 18.6 Å². The number of imide groups is 1. The number of rotatable bonds is 6. The second-order valence-electron chi connectivity index (χ2n) is 9.95. The van der Waals surface area contributed by atoms with Crippen LogP contribution in [0.5, 0.6) is 5.75 Å². The van der Waals surface area contributed by atoms with E-state index in [0.717, 1.165) is 26.0 Å². The van der Waals surface area contributed by atoms with Gasteiger partial charge in [0.25, 0.3) is 5.76 Å². The third kappa shape index (κ3) is 7.54. The molecule has 0 N–H and O–H groups in total. The van der Waals surface area contributed by atoms with Gasteiger partial charge in [0, 0.05) is 18.5 Å². The van der Waals surface area contributed by atoms with Crippen molar-refractivity contribution in [3.05, 3.63) is 64.3 Å². The molecule has 0 spiro atoms. The molecule has 39 heavy (non-hydrogen) atoms. The van der Waals surface area contributed by atoms with E-state index < -0.39 is 11.7 Å². The number of furan rings is 1. The summed E-state index contributed by atoms with van der Waals surface area (Å²) in [4.78, 5) is 36.7. The van der Waals surface area contributed by atoms with Crippen molar-refractivity contribution < 1.29 is 37.6 Å². The Labute approximate surface area is 236 Å². The van der Waals surface area contributed by atoms with Gasteiger partial charge in [0.1, 0.15) is 17.8 Å². The van der Waals surface area contributed by atoms with Crippen LogP contribution < -0.4 is 4.74 Å². The van der Waals surface area contributed by atoms with Gasteiger partial charge in [-0.2, -0.15) is 4.58 Å². The number of nitrogens with zero attached hydrogens (tertiary/aromatic N) is 2. The molecule has 9 nitrogen and oxygen atoms in total. The van der Waals surface area contributed by atoms with E-state index in [9.17, 15) is 14.4 Å². The SMILES string of the molecule is CC(c1ccccc1)N(C=O)C(=O)OC(C)(C)C.COCC[N+]1=C(C)COc2c(oc3cc(Br)ccc23)C1=O. The van der Waals surface area contributed by atoms with Gasteiger partial charge < -0.3 is 18.6 Å². The third-order valence-corrected chi connectivity index (χ3v) is 6.36. The number of benzene rings is 2. The first-order valence-electron chi connectivity index (χ1n) is 12.5. The molecule has 3 aromatic rings. The average Bonchev–Trinajstić information content (AvgIpc) is 3.20. The monoisotopic (exact) mass is 601 g/mol. The highest BCUT2D eigenvalue weighted by molar-refractivity contribution is 9.10. The first kappa shape index (κ1) is 30.0. The summed E-state index contributed by atoms with van der Waals surface area (Å²) in [6.45, 7) is 10.2. The van der Waals surface area contributed by atoms with Crippen LogP contribution in [0, 0.1) is 0 Å². The maximum absolute atomic E-state index is 12.7. The van der Waals surface area contributed by atoms with E-state index in [2.05, 4.69) is 15.9 Å². The predicted octanol–water partition coefficient (Wildman–Crippen LogP) is 5.99. The van der Waals surface area contributed by atoms with E-state index in [1.54, 1.807) is 39.4 Å². The third-order valence-electron chi connectivity index (χ3n) is 5.87. The second kappa shape index (κ2) is 13.0. The van der Waals surface area contributed by atoms with Crippen LogP contribution in [0.25, 0.3) is 11.0 Å². The molecule has 1 aromatic heterocycles. The number of hydrogen-bond donors (Lipinski definition) is 0. The van der Waals surface area contributed by atoms with Crippen LogP contribution in [0.4, 0.5) is 4.79 Å². The highest BCUT2D eigenvalue weighted by Gasteiger charge is 2.35. The Kier molecular flexibility index (Phi) is 10.0. The fraction of sp³-hybridized carbons (Fsp3) is 0.379. The van der Waals surface area contributed by atoms with E-state index in [0.29, 0.717) is 37.5 Å². The van der Waals surface area contributed by atoms with Gasteiger partial charge in [0.05, 0.1) is 11.4 Å². The maximum atomic E-state index is 12.7. The number of halogens is 1. The Morgan fingerprint density at radius 2 is 1.90 bits per heavy atom. The minimum atomic E-state index is -0.631. The molecule has 4 rings (SSSR count). The Morgan fingerprint density at radius 3 is 2.51 bits per heavy atom. The summed E-state index contributed by atoms with van der Waals surface area (Å²) >= 11 is 3.40. The van der Waals surface area contributed by atoms with Gasteiger partial charge in [-0.25, -0.2) is 14.5 Å². The highest BCUT2D eigenvalue weighted by Crippen LogP contribution is 2.36. The molecular weight excluding hydrogens is 568 g/mol. The van der Waals surface area contributed by atoms with Crippen molar-refractivity contribution in [3.63, 3.8) is 0 Å². The summed E-state index contributed by atoms with van der Waals surface area (Å²) in [6, 6.07) is 14.6. The average molecular weight is 603 g/mol. The van der Waals surface area contributed by atoms with Gasteiger partial charge >= 0.3 is 12.0 Å². The summed E-state index contributed by atoms with van der Waals surface area (Å²) in [5, 5.41) is 0.808. The second-order valence-corrected chi connectivity index (χ2v) is 10.9. The molecule has 208 valence electrons. The van der Waals surface area contributed by atoms with Crippen LogP contribution in [0.3, 0.4) is 0 Å². The Balaban J connectivity index is 0.000000219. The molecule has 1 aliphatic rings. The first-order valence-corrected chi connectivity index (χ1v) is 13.3. The van der Waals surface area contributed by atoms with Crippen LogP contribution >= 0.6 is 15.9 Å². The Hall–Kier alpha value is -3.50. The molecule has 1 unspecified atom stereocenters. The molecule has 3 amide bonds. The van der Waals surface area contributed by atoms with Gasteiger partial charge in [0.15, 0.2) is 24.6 Å². The van der Waals surface area contributed by atoms with Crippen molar-refractivity contribution in [1.82, 2.24) is 4.90 Å². The fourth-order valence-electron chi connectivity index (χ4n) is 3.86. The van der Waals surface area contributed by atoms with Crippen LogP contribution in [0.1, 0.15) is 56.8 Å². The zero-order chi connectivity index (χ0) is 28.7. The Morgan fingerprint density at radius 1 is 1.21 bits per heavy atom. The van der Waals surface area contributed by atoms with Gasteiger partial charge in [-0.1, -0.05) is 46.3 Å². The molecule has 2 aromatic carbocycles. The number of fused-ring (bicyclic) bond motifs is 3. The molecular formula is C29H34BrN2O7+.